The molecule has 0 spiro atoms. The Bertz CT molecular complexity index is 316. The van der Waals surface area contributed by atoms with Crippen LogP contribution in [0.1, 0.15) is 5.56 Å². The van der Waals surface area contributed by atoms with Crippen LogP contribution in [0.15, 0.2) is 18.2 Å². The molecule has 0 amide bonds. The fourth-order valence-electron chi connectivity index (χ4n) is 1.02. The second-order valence-electron chi connectivity index (χ2n) is 2.70. The summed E-state index contributed by atoms with van der Waals surface area (Å²) in [5.74, 6) is 0.0238. The van der Waals surface area contributed by atoms with Gasteiger partial charge in [0.1, 0.15) is 11.5 Å². The van der Waals surface area contributed by atoms with Crippen molar-refractivity contribution in [1.29, 1.82) is 0 Å². The first-order chi connectivity index (χ1) is 6.94. The van der Waals surface area contributed by atoms with Gasteiger partial charge < -0.3 is 9.47 Å². The van der Waals surface area contributed by atoms with Crippen molar-refractivity contribution in [2.75, 3.05) is 7.11 Å². The van der Waals surface area contributed by atoms with E-state index in [-0.39, 0.29) is 17.4 Å². The van der Waals surface area contributed by atoms with Gasteiger partial charge in [0.15, 0.2) is 0 Å². The summed E-state index contributed by atoms with van der Waals surface area (Å²) in [5.41, 5.74) is 0.496. The molecule has 0 aliphatic heterocycles. The third kappa shape index (κ3) is 3.87. The number of alkyl halides is 4. The Morgan fingerprint density at radius 1 is 1.20 bits per heavy atom. The maximum Gasteiger partial charge on any atom is 0.573 e. The minimum absolute atomic E-state index is 0.0887. The van der Waals surface area contributed by atoms with Gasteiger partial charge in [0.05, 0.1) is 7.11 Å². The summed E-state index contributed by atoms with van der Waals surface area (Å²) in [5, 5.41) is 0. The van der Waals surface area contributed by atoms with Crippen molar-refractivity contribution < 1.29 is 22.6 Å². The molecule has 0 fully saturated rings. The quantitative estimate of drug-likeness (QED) is 0.755. The van der Waals surface area contributed by atoms with E-state index in [1.807, 2.05) is 0 Å². The zero-order valence-electron chi connectivity index (χ0n) is 7.77. The van der Waals surface area contributed by atoms with Gasteiger partial charge in [-0.25, -0.2) is 0 Å². The van der Waals surface area contributed by atoms with Crippen LogP contribution in [0, 0.1) is 0 Å². The first kappa shape index (κ1) is 12.0. The van der Waals surface area contributed by atoms with Gasteiger partial charge in [-0.15, -0.1) is 24.8 Å². The summed E-state index contributed by atoms with van der Waals surface area (Å²) >= 11 is 5.51. The fraction of sp³-hybridized carbons (Fsp3) is 0.333. The number of halogens is 4. The first-order valence-electron chi connectivity index (χ1n) is 3.94. The second kappa shape index (κ2) is 4.61. The van der Waals surface area contributed by atoms with Crippen LogP contribution in [0.2, 0.25) is 0 Å². The third-order valence-corrected chi connectivity index (χ3v) is 1.87. The number of rotatable bonds is 3. The smallest absolute Gasteiger partial charge is 0.497 e. The molecule has 0 atom stereocenters. The van der Waals surface area contributed by atoms with Gasteiger partial charge >= 0.3 is 6.36 Å². The van der Waals surface area contributed by atoms with Gasteiger partial charge in [0.2, 0.25) is 0 Å². The highest BCUT2D eigenvalue weighted by molar-refractivity contribution is 6.17. The predicted molar refractivity (Wildman–Crippen MR) is 49.2 cm³/mol. The lowest BCUT2D eigenvalue weighted by molar-refractivity contribution is -0.274. The molecule has 6 heteroatoms. The maximum atomic E-state index is 11.9. The lowest BCUT2D eigenvalue weighted by Gasteiger charge is -2.11. The SMILES string of the molecule is COc1cc(CCl)cc(OC(F)(F)F)c1. The molecule has 0 radical (unpaired) electrons. The molecule has 2 nitrogen and oxygen atoms in total. The van der Waals surface area contributed by atoms with Crippen LogP contribution in [0.3, 0.4) is 0 Å². The molecule has 0 aliphatic rings. The van der Waals surface area contributed by atoms with Crippen molar-refractivity contribution in [3.05, 3.63) is 23.8 Å². The van der Waals surface area contributed by atoms with Gasteiger partial charge in [-0.3, -0.25) is 0 Å². The van der Waals surface area contributed by atoms with Crippen LogP contribution < -0.4 is 9.47 Å². The van der Waals surface area contributed by atoms with Crippen molar-refractivity contribution in [3.8, 4) is 11.5 Å². The summed E-state index contributed by atoms with van der Waals surface area (Å²) in [6, 6.07) is 3.89. The second-order valence-corrected chi connectivity index (χ2v) is 2.97. The molecule has 0 saturated heterocycles. The zero-order valence-corrected chi connectivity index (χ0v) is 8.52. The molecule has 0 heterocycles. The summed E-state index contributed by atoms with van der Waals surface area (Å²) < 4.78 is 44.3. The lowest BCUT2D eigenvalue weighted by atomic mass is 10.2. The average molecular weight is 241 g/mol. The van der Waals surface area contributed by atoms with Gasteiger partial charge in [-0.1, -0.05) is 0 Å². The molecular formula is C9H8ClF3O2. The van der Waals surface area contributed by atoms with E-state index in [9.17, 15) is 13.2 Å². The number of benzene rings is 1. The van der Waals surface area contributed by atoms with Gasteiger partial charge in [-0.2, -0.15) is 0 Å². The molecule has 0 bridgehead atoms. The Labute approximate surface area is 89.6 Å². The third-order valence-electron chi connectivity index (χ3n) is 1.56. The van der Waals surface area contributed by atoms with E-state index >= 15 is 0 Å². The van der Waals surface area contributed by atoms with E-state index in [1.165, 1.54) is 19.2 Å². The highest BCUT2D eigenvalue weighted by atomic mass is 35.5. The highest BCUT2D eigenvalue weighted by Gasteiger charge is 2.31. The largest absolute Gasteiger partial charge is 0.573 e. The zero-order chi connectivity index (χ0) is 11.5. The Morgan fingerprint density at radius 2 is 1.80 bits per heavy atom. The van der Waals surface area contributed by atoms with Crippen molar-refractivity contribution in [2.45, 2.75) is 12.2 Å². The highest BCUT2D eigenvalue weighted by Crippen LogP contribution is 2.28. The fourth-order valence-corrected chi connectivity index (χ4v) is 1.17. The van der Waals surface area contributed by atoms with Crippen molar-refractivity contribution in [2.24, 2.45) is 0 Å². The molecular weight excluding hydrogens is 233 g/mol. The summed E-state index contributed by atoms with van der Waals surface area (Å²) in [6.07, 6.45) is -4.71. The van der Waals surface area contributed by atoms with Crippen molar-refractivity contribution in [3.63, 3.8) is 0 Å². The molecule has 0 aromatic heterocycles. The van der Waals surface area contributed by atoms with E-state index in [0.717, 1.165) is 6.07 Å². The van der Waals surface area contributed by atoms with E-state index in [1.54, 1.807) is 0 Å². The van der Waals surface area contributed by atoms with Crippen molar-refractivity contribution in [1.82, 2.24) is 0 Å². The van der Waals surface area contributed by atoms with E-state index in [0.29, 0.717) is 5.56 Å². The monoisotopic (exact) mass is 240 g/mol. The van der Waals surface area contributed by atoms with Crippen LogP contribution in [-0.2, 0) is 5.88 Å². The topological polar surface area (TPSA) is 18.5 Å². The molecule has 1 rings (SSSR count). The Hall–Kier alpha value is -1.10. The Kier molecular flexibility index (Phi) is 3.68. The molecule has 15 heavy (non-hydrogen) atoms. The first-order valence-corrected chi connectivity index (χ1v) is 4.47. The van der Waals surface area contributed by atoms with Gasteiger partial charge in [0.25, 0.3) is 0 Å². The van der Waals surface area contributed by atoms with Crippen LogP contribution in [-0.4, -0.2) is 13.5 Å². The molecule has 0 N–H and O–H groups in total. The van der Waals surface area contributed by atoms with Crippen LogP contribution in [0.5, 0.6) is 11.5 Å². The van der Waals surface area contributed by atoms with Crippen LogP contribution in [0.4, 0.5) is 13.2 Å². The average Bonchev–Trinajstić information content (AvgIpc) is 2.14. The number of hydrogen-bond donors (Lipinski definition) is 0. The molecule has 1 aromatic carbocycles. The molecule has 0 unspecified atom stereocenters. The molecule has 84 valence electrons. The predicted octanol–water partition coefficient (Wildman–Crippen LogP) is 3.33. The number of ether oxygens (including phenoxy) is 2. The standard InChI is InChI=1S/C9H8ClF3O2/c1-14-7-2-6(5-10)3-8(4-7)15-9(11,12)13/h2-4H,5H2,1H3. The summed E-state index contributed by atoms with van der Waals surface area (Å²) in [6.45, 7) is 0. The normalized spacial score (nSPS) is 11.3. The Morgan fingerprint density at radius 3 is 2.27 bits per heavy atom. The van der Waals surface area contributed by atoms with Gasteiger partial charge in [0, 0.05) is 11.9 Å². The van der Waals surface area contributed by atoms with E-state index in [2.05, 4.69) is 4.74 Å². The minimum atomic E-state index is -4.71. The minimum Gasteiger partial charge on any atom is -0.497 e. The van der Waals surface area contributed by atoms with Gasteiger partial charge in [-0.05, 0) is 17.7 Å². The number of methoxy groups -OCH3 is 1. The van der Waals surface area contributed by atoms with Crippen molar-refractivity contribution >= 4 is 11.6 Å². The number of hydrogen-bond acceptors (Lipinski definition) is 2. The van der Waals surface area contributed by atoms with E-state index in [4.69, 9.17) is 16.3 Å². The van der Waals surface area contributed by atoms with Crippen LogP contribution >= 0.6 is 11.6 Å². The molecule has 1 aromatic rings. The summed E-state index contributed by atoms with van der Waals surface area (Å²) in [4.78, 5) is 0. The van der Waals surface area contributed by atoms with E-state index < -0.39 is 6.36 Å². The molecule has 0 aliphatic carbocycles. The lowest BCUT2D eigenvalue weighted by Crippen LogP contribution is -2.17. The molecule has 0 saturated carbocycles. The Balaban J connectivity index is 2.97. The maximum absolute atomic E-state index is 11.9. The van der Waals surface area contributed by atoms with Crippen LogP contribution in [0.25, 0.3) is 0 Å². The summed E-state index contributed by atoms with van der Waals surface area (Å²) in [7, 11) is 1.35.